The van der Waals surface area contributed by atoms with Crippen LogP contribution in [0.3, 0.4) is 0 Å². The minimum atomic E-state index is -2.67. The van der Waals surface area contributed by atoms with Crippen molar-refractivity contribution in [2.45, 2.75) is 12.0 Å². The molecule has 3 nitrogen and oxygen atoms in total. The molecule has 0 heterocycles. The second-order valence-electron chi connectivity index (χ2n) is 2.87. The number of hydrogen-bond acceptors (Lipinski definition) is 2. The second kappa shape index (κ2) is 2.59. The molecule has 1 aliphatic rings. The van der Waals surface area contributed by atoms with Crippen LogP contribution in [0, 0.1) is 5.92 Å². The molecule has 1 rings (SSSR count). The maximum atomic E-state index is 10.6. The predicted octanol–water partition coefficient (Wildman–Crippen LogP) is 0.870. The van der Waals surface area contributed by atoms with Crippen LogP contribution >= 0.6 is 8.03 Å². The lowest BCUT2D eigenvalue weighted by molar-refractivity contribution is 0.505. The molecule has 3 N–H and O–H groups in total. The highest BCUT2D eigenvalue weighted by atomic mass is 31.1. The molecule has 0 bridgehead atoms. The molecule has 62 valence electrons. The van der Waals surface area contributed by atoms with Crippen molar-refractivity contribution in [1.29, 1.82) is 0 Å². The van der Waals surface area contributed by atoms with Gasteiger partial charge < -0.3 is 10.6 Å². The van der Waals surface area contributed by atoms with Crippen molar-refractivity contribution in [3.05, 3.63) is 24.5 Å². The third kappa shape index (κ3) is 1.32. The van der Waals surface area contributed by atoms with Gasteiger partial charge in [-0.1, -0.05) is 12.7 Å². The van der Waals surface area contributed by atoms with Gasteiger partial charge in [-0.3, -0.25) is 4.57 Å². The fourth-order valence-electron chi connectivity index (χ4n) is 1.14. The molecular weight excluding hydrogens is 161 g/mol. The summed E-state index contributed by atoms with van der Waals surface area (Å²) in [4.78, 5) is 8.74. The van der Waals surface area contributed by atoms with E-state index in [1.165, 1.54) is 0 Å². The maximum Gasteiger partial charge on any atom is 0.215 e. The number of nitrogens with two attached hydrogens (primary N) is 1. The van der Waals surface area contributed by atoms with Crippen molar-refractivity contribution in [2.75, 3.05) is 0 Å². The Morgan fingerprint density at radius 3 is 2.73 bits per heavy atom. The number of rotatable bonds is 3. The van der Waals surface area contributed by atoms with Gasteiger partial charge in [-0.25, -0.2) is 0 Å². The zero-order valence-electron chi connectivity index (χ0n) is 6.21. The van der Waals surface area contributed by atoms with Gasteiger partial charge in [0, 0.05) is 11.2 Å². The van der Waals surface area contributed by atoms with Crippen molar-refractivity contribution < 1.29 is 9.46 Å². The van der Waals surface area contributed by atoms with E-state index in [-0.39, 0.29) is 11.2 Å². The van der Waals surface area contributed by atoms with Crippen LogP contribution in [0.2, 0.25) is 0 Å². The summed E-state index contributed by atoms with van der Waals surface area (Å²) >= 11 is 0. The lowest BCUT2D eigenvalue weighted by Crippen LogP contribution is -2.25. The Kier molecular flexibility index (Phi) is 2.06. The van der Waals surface area contributed by atoms with Crippen LogP contribution in [0.1, 0.15) is 6.42 Å². The highest BCUT2D eigenvalue weighted by molar-refractivity contribution is 7.43. The highest BCUT2D eigenvalue weighted by Crippen LogP contribution is 2.53. The lowest BCUT2D eigenvalue weighted by atomic mass is 10.2. The van der Waals surface area contributed by atoms with Gasteiger partial charge in [0.15, 0.2) is 0 Å². The standard InChI is InChI=1S/C7H12NO2P/c1-3-6-4-7(6,8)5(2)11(9)10/h3,6,11H,1-2,4,8H2,(H,9,10)/t6-,7+/m0/s1. The zero-order valence-corrected chi connectivity index (χ0v) is 7.21. The van der Waals surface area contributed by atoms with E-state index in [4.69, 9.17) is 10.6 Å². The molecule has 0 amide bonds. The molecule has 1 fully saturated rings. The Hall–Kier alpha value is -0.370. The van der Waals surface area contributed by atoms with Gasteiger partial charge in [-0.15, -0.1) is 6.58 Å². The lowest BCUT2D eigenvalue weighted by Gasteiger charge is -2.09. The average Bonchev–Trinajstić information content (AvgIpc) is 2.61. The van der Waals surface area contributed by atoms with E-state index in [0.29, 0.717) is 6.42 Å². The SMILES string of the molecule is C=C[C@H]1C[C@@]1(N)C(=C)[PH](=O)O. The molecule has 11 heavy (non-hydrogen) atoms. The van der Waals surface area contributed by atoms with Crippen molar-refractivity contribution in [1.82, 2.24) is 0 Å². The van der Waals surface area contributed by atoms with Gasteiger partial charge in [0.1, 0.15) is 0 Å². The van der Waals surface area contributed by atoms with Crippen LogP contribution in [0.15, 0.2) is 24.5 Å². The second-order valence-corrected chi connectivity index (χ2v) is 4.08. The van der Waals surface area contributed by atoms with E-state index in [2.05, 4.69) is 13.2 Å². The summed E-state index contributed by atoms with van der Waals surface area (Å²) in [5.41, 5.74) is 5.11. The van der Waals surface area contributed by atoms with E-state index in [1.54, 1.807) is 6.08 Å². The quantitative estimate of drug-likeness (QED) is 0.491. The Morgan fingerprint density at radius 1 is 1.91 bits per heavy atom. The van der Waals surface area contributed by atoms with Crippen LogP contribution in [-0.4, -0.2) is 10.4 Å². The summed E-state index contributed by atoms with van der Waals surface area (Å²) in [6.45, 7) is 7.06. The monoisotopic (exact) mass is 173 g/mol. The van der Waals surface area contributed by atoms with Crippen LogP contribution in [-0.2, 0) is 4.57 Å². The van der Waals surface area contributed by atoms with Crippen molar-refractivity contribution in [3.8, 4) is 0 Å². The van der Waals surface area contributed by atoms with Crippen LogP contribution < -0.4 is 5.73 Å². The summed E-state index contributed by atoms with van der Waals surface area (Å²) < 4.78 is 10.6. The third-order valence-electron chi connectivity index (χ3n) is 2.16. The molecule has 0 aromatic heterocycles. The molecular formula is C7H12NO2P. The Morgan fingerprint density at radius 2 is 2.45 bits per heavy atom. The normalized spacial score (nSPS) is 37.8. The molecule has 0 saturated heterocycles. The number of hydrogen-bond donors (Lipinski definition) is 2. The first kappa shape index (κ1) is 8.72. The minimum absolute atomic E-state index is 0.135. The molecule has 0 aromatic rings. The fraction of sp³-hybridized carbons (Fsp3) is 0.429. The molecule has 0 spiro atoms. The average molecular weight is 173 g/mol. The van der Waals surface area contributed by atoms with Crippen LogP contribution in [0.25, 0.3) is 0 Å². The fourth-order valence-corrected chi connectivity index (χ4v) is 1.83. The molecule has 4 heteroatoms. The maximum absolute atomic E-state index is 10.6. The van der Waals surface area contributed by atoms with Gasteiger partial charge in [-0.2, -0.15) is 0 Å². The summed E-state index contributed by atoms with van der Waals surface area (Å²) in [6.07, 6.45) is 2.41. The summed E-state index contributed by atoms with van der Waals surface area (Å²) in [5.74, 6) is 0.135. The van der Waals surface area contributed by atoms with Crippen LogP contribution in [0.4, 0.5) is 0 Å². The van der Waals surface area contributed by atoms with Crippen molar-refractivity contribution in [3.63, 3.8) is 0 Å². The van der Waals surface area contributed by atoms with Crippen molar-refractivity contribution >= 4 is 8.03 Å². The smallest absolute Gasteiger partial charge is 0.215 e. The van der Waals surface area contributed by atoms with E-state index in [9.17, 15) is 4.57 Å². The minimum Gasteiger partial charge on any atom is -0.343 e. The molecule has 3 atom stereocenters. The topological polar surface area (TPSA) is 63.3 Å². The highest BCUT2D eigenvalue weighted by Gasteiger charge is 2.52. The van der Waals surface area contributed by atoms with Gasteiger partial charge in [0.05, 0.1) is 5.54 Å². The molecule has 1 unspecified atom stereocenters. The first-order valence-corrected chi connectivity index (χ1v) is 4.72. The first-order valence-electron chi connectivity index (χ1n) is 3.36. The van der Waals surface area contributed by atoms with Gasteiger partial charge in [0.2, 0.25) is 8.03 Å². The predicted molar refractivity (Wildman–Crippen MR) is 45.6 cm³/mol. The van der Waals surface area contributed by atoms with Crippen molar-refractivity contribution in [2.24, 2.45) is 11.7 Å². The van der Waals surface area contributed by atoms with Crippen LogP contribution in [0.5, 0.6) is 0 Å². The third-order valence-corrected chi connectivity index (χ3v) is 3.15. The summed E-state index contributed by atoms with van der Waals surface area (Å²) in [6, 6.07) is 0. The van der Waals surface area contributed by atoms with E-state index < -0.39 is 13.6 Å². The largest absolute Gasteiger partial charge is 0.343 e. The Labute approximate surface area is 66.5 Å². The molecule has 1 aliphatic carbocycles. The van der Waals surface area contributed by atoms with E-state index in [1.807, 2.05) is 0 Å². The van der Waals surface area contributed by atoms with E-state index in [0.717, 1.165) is 0 Å². The first-order chi connectivity index (χ1) is 5.02. The van der Waals surface area contributed by atoms with Gasteiger partial charge >= 0.3 is 0 Å². The molecule has 0 aliphatic heterocycles. The van der Waals surface area contributed by atoms with E-state index >= 15 is 0 Å². The molecule has 0 aromatic carbocycles. The summed E-state index contributed by atoms with van der Waals surface area (Å²) in [7, 11) is -2.67. The Bertz CT molecular complexity index is 239. The van der Waals surface area contributed by atoms with Gasteiger partial charge in [0.25, 0.3) is 0 Å². The van der Waals surface area contributed by atoms with Gasteiger partial charge in [-0.05, 0) is 6.42 Å². The molecule has 1 saturated carbocycles. The summed E-state index contributed by atoms with van der Waals surface area (Å²) in [5, 5.41) is 0.271. The Balaban J connectivity index is 2.71. The zero-order chi connectivity index (χ0) is 8.65. The molecule has 0 radical (unpaired) electrons.